The number of nitrogens with one attached hydrogen (secondary N) is 1. The van der Waals surface area contributed by atoms with Gasteiger partial charge in [0.25, 0.3) is 0 Å². The first-order valence-electron chi connectivity index (χ1n) is 5.25. The first-order chi connectivity index (χ1) is 8.60. The van der Waals surface area contributed by atoms with E-state index < -0.39 is 6.09 Å². The van der Waals surface area contributed by atoms with Crippen molar-refractivity contribution >= 4 is 35.1 Å². The van der Waals surface area contributed by atoms with Gasteiger partial charge in [-0.15, -0.1) is 10.2 Å². The van der Waals surface area contributed by atoms with Crippen molar-refractivity contribution in [2.24, 2.45) is 0 Å². The molecule has 1 fully saturated rings. The van der Waals surface area contributed by atoms with Crippen molar-refractivity contribution in [2.75, 3.05) is 25.1 Å². The lowest BCUT2D eigenvalue weighted by molar-refractivity contribution is 0.167. The Kier molecular flexibility index (Phi) is 4.03. The van der Waals surface area contributed by atoms with Gasteiger partial charge in [-0.05, 0) is 18.0 Å². The Morgan fingerprint density at radius 1 is 1.50 bits per heavy atom. The van der Waals surface area contributed by atoms with Crippen LogP contribution in [-0.2, 0) is 4.74 Å². The molecule has 1 unspecified atom stereocenters. The fraction of sp³-hybridized carbons (Fsp3) is 0.556. The van der Waals surface area contributed by atoms with E-state index >= 15 is 0 Å². The van der Waals surface area contributed by atoms with Gasteiger partial charge >= 0.3 is 6.09 Å². The maximum Gasteiger partial charge on any atom is 0.407 e. The topological polar surface area (TPSA) is 80.2 Å². The van der Waals surface area contributed by atoms with Gasteiger partial charge in [0.05, 0.1) is 13.2 Å². The smallest absolute Gasteiger partial charge is 0.407 e. The van der Waals surface area contributed by atoms with Crippen molar-refractivity contribution in [3.63, 3.8) is 0 Å². The van der Waals surface area contributed by atoms with Crippen LogP contribution in [0.3, 0.4) is 0 Å². The van der Waals surface area contributed by atoms with Gasteiger partial charge in [0.2, 0.25) is 5.28 Å². The monoisotopic (exact) mass is 291 g/mol. The number of halogens is 2. The van der Waals surface area contributed by atoms with Gasteiger partial charge in [-0.25, -0.2) is 4.79 Å². The highest BCUT2D eigenvalue weighted by atomic mass is 35.5. The Bertz CT molecular complexity index is 459. The number of rotatable bonds is 2. The molecule has 1 N–H and O–H groups in total. The molecule has 0 spiro atoms. The number of nitrogens with zero attached hydrogens (tertiary/aromatic N) is 4. The highest BCUT2D eigenvalue weighted by Gasteiger charge is 2.27. The quantitative estimate of drug-likeness (QED) is 0.879. The number of hydrogen-bond donors (Lipinski definition) is 1. The van der Waals surface area contributed by atoms with Crippen molar-refractivity contribution in [1.29, 1.82) is 0 Å². The zero-order valence-corrected chi connectivity index (χ0v) is 11.1. The number of ether oxygens (including phenoxy) is 1. The third-order valence-corrected chi connectivity index (χ3v) is 3.00. The average Bonchev–Trinajstić information content (AvgIpc) is 2.80. The Morgan fingerprint density at radius 3 is 3.00 bits per heavy atom. The van der Waals surface area contributed by atoms with Crippen LogP contribution in [0.4, 0.5) is 10.6 Å². The molecule has 2 rings (SSSR count). The zero-order chi connectivity index (χ0) is 13.1. The fourth-order valence-corrected chi connectivity index (χ4v) is 2.10. The number of alkyl carbamates (subject to hydrolysis) is 1. The molecule has 2 heterocycles. The molecule has 1 amide bonds. The minimum Gasteiger partial charge on any atom is -0.453 e. The molecule has 98 valence electrons. The molecule has 1 atom stereocenters. The molecule has 0 aromatic carbocycles. The second-order valence-corrected chi connectivity index (χ2v) is 4.46. The average molecular weight is 292 g/mol. The van der Waals surface area contributed by atoms with E-state index in [1.807, 2.05) is 4.90 Å². The number of aromatic nitrogens is 3. The summed E-state index contributed by atoms with van der Waals surface area (Å²) in [5, 5.41) is 10.2. The highest BCUT2D eigenvalue weighted by molar-refractivity contribution is 6.32. The number of anilines is 1. The molecular weight excluding hydrogens is 281 g/mol. The van der Waals surface area contributed by atoms with Gasteiger partial charge in [-0.2, -0.15) is 4.98 Å². The van der Waals surface area contributed by atoms with E-state index in [4.69, 9.17) is 23.2 Å². The van der Waals surface area contributed by atoms with Gasteiger partial charge in [0.1, 0.15) is 0 Å². The van der Waals surface area contributed by atoms with Crippen LogP contribution >= 0.6 is 23.2 Å². The van der Waals surface area contributed by atoms with Crippen LogP contribution in [0.1, 0.15) is 6.42 Å². The second kappa shape index (κ2) is 5.53. The molecule has 1 aliphatic heterocycles. The third-order valence-electron chi connectivity index (χ3n) is 2.60. The van der Waals surface area contributed by atoms with Crippen LogP contribution in [0.25, 0.3) is 0 Å². The maximum absolute atomic E-state index is 11.1. The molecule has 0 radical (unpaired) electrons. The number of hydrogen-bond acceptors (Lipinski definition) is 6. The normalized spacial score (nSPS) is 18.8. The van der Waals surface area contributed by atoms with Crippen molar-refractivity contribution in [1.82, 2.24) is 20.5 Å². The van der Waals surface area contributed by atoms with Gasteiger partial charge in [0.15, 0.2) is 11.0 Å². The molecule has 0 aliphatic carbocycles. The van der Waals surface area contributed by atoms with Gasteiger partial charge in [0, 0.05) is 13.1 Å². The molecule has 18 heavy (non-hydrogen) atoms. The van der Waals surface area contributed by atoms with Crippen molar-refractivity contribution < 1.29 is 9.53 Å². The number of carbonyl (C=O) groups excluding carboxylic acids is 1. The summed E-state index contributed by atoms with van der Waals surface area (Å²) in [4.78, 5) is 17.0. The second-order valence-electron chi connectivity index (χ2n) is 3.76. The van der Waals surface area contributed by atoms with Crippen LogP contribution in [-0.4, -0.2) is 47.5 Å². The van der Waals surface area contributed by atoms with E-state index in [0.717, 1.165) is 6.42 Å². The lowest BCUT2D eigenvalue weighted by Gasteiger charge is -2.17. The third kappa shape index (κ3) is 2.91. The predicted octanol–water partition coefficient (Wildman–Crippen LogP) is 1.11. The molecule has 1 aromatic rings. The van der Waals surface area contributed by atoms with Crippen LogP contribution in [0.15, 0.2) is 0 Å². The zero-order valence-electron chi connectivity index (χ0n) is 9.56. The van der Waals surface area contributed by atoms with Crippen molar-refractivity contribution in [3.8, 4) is 0 Å². The van der Waals surface area contributed by atoms with E-state index in [1.165, 1.54) is 7.11 Å². The Balaban J connectivity index is 2.04. The van der Waals surface area contributed by atoms with Gasteiger partial charge < -0.3 is 15.0 Å². The summed E-state index contributed by atoms with van der Waals surface area (Å²) in [5.74, 6) is 0.478. The lowest BCUT2D eigenvalue weighted by atomic mass is 10.3. The summed E-state index contributed by atoms with van der Waals surface area (Å²) < 4.78 is 4.54. The number of methoxy groups -OCH3 is 1. The highest BCUT2D eigenvalue weighted by Crippen LogP contribution is 2.25. The molecule has 9 heteroatoms. The SMILES string of the molecule is COC(=O)NC1CCN(c2nc(Cl)nnc2Cl)C1. The first-order valence-corrected chi connectivity index (χ1v) is 6.01. The first kappa shape index (κ1) is 13.1. The summed E-state index contributed by atoms with van der Waals surface area (Å²) in [6, 6.07) is -0.0118. The van der Waals surface area contributed by atoms with Crippen LogP contribution < -0.4 is 10.2 Å². The molecule has 7 nitrogen and oxygen atoms in total. The van der Waals surface area contributed by atoms with Crippen molar-refractivity contribution in [2.45, 2.75) is 12.5 Å². The summed E-state index contributed by atoms with van der Waals surface area (Å²) in [5.41, 5.74) is 0. The summed E-state index contributed by atoms with van der Waals surface area (Å²) in [7, 11) is 1.33. The van der Waals surface area contributed by atoms with Gasteiger partial charge in [-0.3, -0.25) is 0 Å². The molecule has 1 saturated heterocycles. The summed E-state index contributed by atoms with van der Waals surface area (Å²) in [6.07, 6.45) is 0.319. The van der Waals surface area contributed by atoms with E-state index in [2.05, 4.69) is 25.2 Å². The summed E-state index contributed by atoms with van der Waals surface area (Å²) in [6.45, 7) is 1.27. The van der Waals surface area contributed by atoms with Crippen molar-refractivity contribution in [3.05, 3.63) is 10.4 Å². The van der Waals surface area contributed by atoms with Crippen LogP contribution in [0, 0.1) is 0 Å². The molecular formula is C9H11Cl2N5O2. The van der Waals surface area contributed by atoms with E-state index in [0.29, 0.717) is 18.9 Å². The summed E-state index contributed by atoms with van der Waals surface area (Å²) >= 11 is 11.6. The number of amides is 1. The van der Waals surface area contributed by atoms with Crippen LogP contribution in [0.5, 0.6) is 0 Å². The number of carbonyl (C=O) groups is 1. The molecule has 1 aromatic heterocycles. The van der Waals surface area contributed by atoms with Crippen LogP contribution in [0.2, 0.25) is 10.4 Å². The minimum atomic E-state index is -0.452. The van der Waals surface area contributed by atoms with E-state index in [-0.39, 0.29) is 16.5 Å². The van der Waals surface area contributed by atoms with E-state index in [1.54, 1.807) is 0 Å². The molecule has 1 aliphatic rings. The Hall–Kier alpha value is -1.34. The largest absolute Gasteiger partial charge is 0.453 e. The predicted molar refractivity (Wildman–Crippen MR) is 66.0 cm³/mol. The minimum absolute atomic E-state index is 0.0118. The Morgan fingerprint density at radius 2 is 2.28 bits per heavy atom. The lowest BCUT2D eigenvalue weighted by Crippen LogP contribution is -2.37. The maximum atomic E-state index is 11.1. The molecule has 0 bridgehead atoms. The van der Waals surface area contributed by atoms with E-state index in [9.17, 15) is 4.79 Å². The van der Waals surface area contributed by atoms with Gasteiger partial charge in [-0.1, -0.05) is 11.6 Å². The molecule has 0 saturated carbocycles. The fourth-order valence-electron chi connectivity index (χ4n) is 1.78. The standard InChI is InChI=1S/C9H11Cl2N5O2/c1-18-9(17)12-5-2-3-16(4-5)7-6(10)14-15-8(11)13-7/h5H,2-4H2,1H3,(H,12,17). The Labute approximate surface area is 113 Å².